The molecule has 4 rings (SSSR count). The summed E-state index contributed by atoms with van der Waals surface area (Å²) in [6.07, 6.45) is 2.32. The van der Waals surface area contributed by atoms with Crippen LogP contribution in [-0.4, -0.2) is 50.3 Å². The third kappa shape index (κ3) is 4.29. The highest BCUT2D eigenvalue weighted by Gasteiger charge is 2.43. The van der Waals surface area contributed by atoms with E-state index >= 15 is 0 Å². The maximum absolute atomic E-state index is 13.1. The van der Waals surface area contributed by atoms with E-state index in [0.29, 0.717) is 30.8 Å². The fourth-order valence-corrected chi connectivity index (χ4v) is 5.71. The molecule has 2 aromatic rings. The zero-order valence-corrected chi connectivity index (χ0v) is 18.3. The fraction of sp³-hybridized carbons (Fsp3) is 0.435. The van der Waals surface area contributed by atoms with Crippen LogP contribution in [0.3, 0.4) is 0 Å². The van der Waals surface area contributed by atoms with E-state index in [0.717, 1.165) is 37.5 Å². The second-order valence-electron chi connectivity index (χ2n) is 7.98. The Morgan fingerprint density at radius 3 is 2.40 bits per heavy atom. The van der Waals surface area contributed by atoms with Crippen LogP contribution in [0.4, 0.5) is 0 Å². The number of benzene rings is 2. The van der Waals surface area contributed by atoms with Gasteiger partial charge in [-0.15, -0.1) is 0 Å². The van der Waals surface area contributed by atoms with E-state index in [4.69, 9.17) is 4.99 Å². The standard InChI is InChI=1S/C23H30N4O2S/c1-2-19-8-10-21(11-9-19)30(28,29)27-16-12-23(13-17-27)22(24-14-15-26-23)25-18-20-6-4-3-5-7-20/h3-11,26H,2,12-18H2,1H3,(H,24,25). The molecular formula is C23H30N4O2S. The first kappa shape index (κ1) is 21.0. The number of rotatable bonds is 5. The minimum atomic E-state index is -3.47. The van der Waals surface area contributed by atoms with Crippen LogP contribution in [0.15, 0.2) is 64.5 Å². The fourth-order valence-electron chi connectivity index (χ4n) is 4.27. The SMILES string of the molecule is CCc1ccc(S(=O)(=O)N2CCC3(CC2)NCCN=C3NCc2ccccc2)cc1. The van der Waals surface area contributed by atoms with Crippen LogP contribution >= 0.6 is 0 Å². The normalized spacial score (nSPS) is 19.4. The van der Waals surface area contributed by atoms with Gasteiger partial charge in [-0.3, -0.25) is 4.99 Å². The second-order valence-corrected chi connectivity index (χ2v) is 9.92. The lowest BCUT2D eigenvalue weighted by Crippen LogP contribution is -2.64. The number of sulfonamides is 1. The molecule has 2 heterocycles. The van der Waals surface area contributed by atoms with Crippen LogP contribution in [0.1, 0.15) is 30.9 Å². The maximum Gasteiger partial charge on any atom is 0.243 e. The van der Waals surface area contributed by atoms with Crippen LogP contribution in [-0.2, 0) is 23.0 Å². The van der Waals surface area contributed by atoms with Crippen molar-refractivity contribution >= 4 is 15.9 Å². The summed E-state index contributed by atoms with van der Waals surface area (Å²) in [5.74, 6) is 0.960. The van der Waals surface area contributed by atoms with Gasteiger partial charge in [0.25, 0.3) is 0 Å². The highest BCUT2D eigenvalue weighted by atomic mass is 32.2. The molecule has 0 bridgehead atoms. The number of nitrogens with one attached hydrogen (secondary N) is 2. The van der Waals surface area contributed by atoms with Crippen molar-refractivity contribution in [3.05, 3.63) is 65.7 Å². The molecule has 0 aromatic heterocycles. The average Bonchev–Trinajstić information content (AvgIpc) is 2.79. The first-order valence-corrected chi connectivity index (χ1v) is 12.1. The Morgan fingerprint density at radius 1 is 1.03 bits per heavy atom. The topological polar surface area (TPSA) is 73.8 Å². The van der Waals surface area contributed by atoms with E-state index in [1.807, 2.05) is 30.3 Å². The molecule has 30 heavy (non-hydrogen) atoms. The average molecular weight is 427 g/mol. The van der Waals surface area contributed by atoms with Gasteiger partial charge in [0.1, 0.15) is 5.84 Å². The van der Waals surface area contributed by atoms with E-state index in [1.165, 1.54) is 5.56 Å². The number of nitrogens with zero attached hydrogens (tertiary/aromatic N) is 2. The molecule has 160 valence electrons. The van der Waals surface area contributed by atoms with Gasteiger partial charge in [-0.2, -0.15) is 4.31 Å². The lowest BCUT2D eigenvalue weighted by molar-refractivity contribution is 0.241. The third-order valence-electron chi connectivity index (χ3n) is 6.15. The summed E-state index contributed by atoms with van der Waals surface area (Å²) in [6.45, 7) is 5.31. The highest BCUT2D eigenvalue weighted by Crippen LogP contribution is 2.29. The molecule has 2 N–H and O–H groups in total. The molecule has 1 fully saturated rings. The number of aryl methyl sites for hydroxylation is 1. The summed E-state index contributed by atoms with van der Waals surface area (Å²) < 4.78 is 27.8. The molecule has 2 aliphatic rings. The monoisotopic (exact) mass is 426 g/mol. The molecular weight excluding hydrogens is 396 g/mol. The number of aliphatic imine (C=N–C) groups is 1. The Bertz CT molecular complexity index is 980. The Hall–Kier alpha value is -2.22. The molecule has 1 spiro atoms. The molecule has 7 heteroatoms. The summed E-state index contributed by atoms with van der Waals surface area (Å²) in [7, 11) is -3.47. The molecule has 0 saturated carbocycles. The number of hydrogen-bond donors (Lipinski definition) is 2. The van der Waals surface area contributed by atoms with Crippen molar-refractivity contribution in [3.8, 4) is 0 Å². The summed E-state index contributed by atoms with van der Waals surface area (Å²) in [4.78, 5) is 5.14. The molecule has 0 unspecified atom stereocenters. The van der Waals surface area contributed by atoms with Gasteiger partial charge in [-0.25, -0.2) is 8.42 Å². The summed E-state index contributed by atoms with van der Waals surface area (Å²) >= 11 is 0. The predicted molar refractivity (Wildman–Crippen MR) is 120 cm³/mol. The van der Waals surface area contributed by atoms with Crippen molar-refractivity contribution in [1.82, 2.24) is 14.9 Å². The second kappa shape index (κ2) is 8.88. The Labute approximate surface area is 179 Å². The Morgan fingerprint density at radius 2 is 1.73 bits per heavy atom. The van der Waals surface area contributed by atoms with Crippen LogP contribution in [0.5, 0.6) is 0 Å². The quantitative estimate of drug-likeness (QED) is 0.771. The Balaban J connectivity index is 1.44. The van der Waals surface area contributed by atoms with Crippen molar-refractivity contribution in [3.63, 3.8) is 0 Å². The number of hydrogen-bond acceptors (Lipinski definition) is 5. The maximum atomic E-state index is 13.1. The summed E-state index contributed by atoms with van der Waals surface area (Å²) in [6, 6.07) is 17.5. The van der Waals surface area contributed by atoms with Gasteiger partial charge in [-0.1, -0.05) is 49.4 Å². The minimum absolute atomic E-state index is 0.273. The molecule has 0 radical (unpaired) electrons. The molecule has 1 saturated heterocycles. The molecule has 0 aliphatic carbocycles. The van der Waals surface area contributed by atoms with E-state index in [9.17, 15) is 8.42 Å². The van der Waals surface area contributed by atoms with Gasteiger partial charge in [-0.05, 0) is 42.5 Å². The Kier molecular flexibility index (Phi) is 6.22. The van der Waals surface area contributed by atoms with Crippen molar-refractivity contribution < 1.29 is 8.42 Å². The molecule has 0 amide bonds. The van der Waals surface area contributed by atoms with Gasteiger partial charge in [0, 0.05) is 26.2 Å². The predicted octanol–water partition coefficient (Wildman–Crippen LogP) is 2.56. The smallest absolute Gasteiger partial charge is 0.243 e. The molecule has 2 aliphatic heterocycles. The molecule has 2 aromatic carbocycles. The van der Waals surface area contributed by atoms with Crippen LogP contribution in [0, 0.1) is 0 Å². The highest BCUT2D eigenvalue weighted by molar-refractivity contribution is 7.89. The van der Waals surface area contributed by atoms with Crippen molar-refractivity contribution in [2.75, 3.05) is 26.2 Å². The lowest BCUT2D eigenvalue weighted by Gasteiger charge is -2.44. The zero-order chi connectivity index (χ0) is 21.0. The van der Waals surface area contributed by atoms with Gasteiger partial charge in [0.2, 0.25) is 10.0 Å². The first-order chi connectivity index (χ1) is 14.5. The first-order valence-electron chi connectivity index (χ1n) is 10.7. The van der Waals surface area contributed by atoms with E-state index in [1.54, 1.807) is 16.4 Å². The summed E-state index contributed by atoms with van der Waals surface area (Å²) in [5.41, 5.74) is 2.07. The van der Waals surface area contributed by atoms with Crippen molar-refractivity contribution in [1.29, 1.82) is 0 Å². The van der Waals surface area contributed by atoms with E-state index in [2.05, 4.69) is 29.7 Å². The van der Waals surface area contributed by atoms with Crippen LogP contribution in [0.2, 0.25) is 0 Å². The van der Waals surface area contributed by atoms with Gasteiger partial charge >= 0.3 is 0 Å². The third-order valence-corrected chi connectivity index (χ3v) is 8.06. The van der Waals surface area contributed by atoms with Crippen LogP contribution < -0.4 is 10.6 Å². The lowest BCUT2D eigenvalue weighted by atomic mass is 9.85. The number of piperidine rings is 1. The van der Waals surface area contributed by atoms with Crippen LogP contribution in [0.25, 0.3) is 0 Å². The summed E-state index contributed by atoms with van der Waals surface area (Å²) in [5, 5.41) is 7.15. The minimum Gasteiger partial charge on any atom is -0.368 e. The van der Waals surface area contributed by atoms with Crippen molar-refractivity contribution in [2.24, 2.45) is 4.99 Å². The molecule has 0 atom stereocenters. The van der Waals surface area contributed by atoms with Gasteiger partial charge in [0.05, 0.1) is 17.0 Å². The largest absolute Gasteiger partial charge is 0.368 e. The number of amidine groups is 1. The van der Waals surface area contributed by atoms with Crippen molar-refractivity contribution in [2.45, 2.75) is 43.2 Å². The van der Waals surface area contributed by atoms with Gasteiger partial charge < -0.3 is 10.6 Å². The molecule has 6 nitrogen and oxygen atoms in total. The van der Waals surface area contributed by atoms with E-state index < -0.39 is 10.0 Å². The van der Waals surface area contributed by atoms with Gasteiger partial charge in [0.15, 0.2) is 0 Å². The zero-order valence-electron chi connectivity index (χ0n) is 17.5. The van der Waals surface area contributed by atoms with E-state index in [-0.39, 0.29) is 5.54 Å².